The third-order valence-corrected chi connectivity index (χ3v) is 3.50. The zero-order valence-corrected chi connectivity index (χ0v) is 12.1. The first kappa shape index (κ1) is 15.4. The zero-order valence-electron chi connectivity index (χ0n) is 10.5. The van der Waals surface area contributed by atoms with Crippen LogP contribution in [0.4, 0.5) is 18.9 Å². The van der Waals surface area contributed by atoms with Crippen LogP contribution >= 0.6 is 15.9 Å². The Labute approximate surface area is 127 Å². The number of halogens is 4. The Morgan fingerprint density at radius 1 is 1.10 bits per heavy atom. The van der Waals surface area contributed by atoms with Gasteiger partial charge in [0.05, 0.1) is 0 Å². The molecule has 2 rings (SSSR count). The van der Waals surface area contributed by atoms with Gasteiger partial charge in [0, 0.05) is 21.8 Å². The van der Waals surface area contributed by atoms with Crippen LogP contribution in [0.15, 0.2) is 40.9 Å². The van der Waals surface area contributed by atoms with E-state index in [2.05, 4.69) is 21.2 Å². The standard InChI is InChI=1S/C14H10BrF3N2O/c15-8-3-1-2-4-12(8)20-13(14(19)21)7-5-10(17)11(18)6-9(7)16/h1-6,13,20H,(H2,19,21). The van der Waals surface area contributed by atoms with Crippen LogP contribution < -0.4 is 11.1 Å². The molecule has 0 aromatic heterocycles. The SMILES string of the molecule is NC(=O)C(Nc1ccccc1Br)c1cc(F)c(F)cc1F. The summed E-state index contributed by atoms with van der Waals surface area (Å²) in [7, 11) is 0. The zero-order chi connectivity index (χ0) is 15.6. The highest BCUT2D eigenvalue weighted by atomic mass is 79.9. The number of primary amides is 1. The molecule has 1 atom stereocenters. The van der Waals surface area contributed by atoms with Gasteiger partial charge in [-0.3, -0.25) is 4.79 Å². The molecule has 0 spiro atoms. The molecule has 1 amide bonds. The van der Waals surface area contributed by atoms with Crippen molar-refractivity contribution in [3.8, 4) is 0 Å². The third-order valence-electron chi connectivity index (χ3n) is 2.81. The number of anilines is 1. The first-order valence-corrected chi connectivity index (χ1v) is 6.64. The fourth-order valence-electron chi connectivity index (χ4n) is 1.80. The van der Waals surface area contributed by atoms with Crippen molar-refractivity contribution in [1.29, 1.82) is 0 Å². The minimum absolute atomic E-state index is 0.364. The summed E-state index contributed by atoms with van der Waals surface area (Å²) in [5.41, 5.74) is 5.32. The quantitative estimate of drug-likeness (QED) is 0.821. The molecular weight excluding hydrogens is 349 g/mol. The van der Waals surface area contributed by atoms with Crippen LogP contribution in [-0.4, -0.2) is 5.91 Å². The van der Waals surface area contributed by atoms with E-state index in [-0.39, 0.29) is 5.56 Å². The minimum atomic E-state index is -1.33. The lowest BCUT2D eigenvalue weighted by molar-refractivity contribution is -0.118. The molecular formula is C14H10BrF3N2O. The van der Waals surface area contributed by atoms with Crippen LogP contribution in [0.1, 0.15) is 11.6 Å². The normalized spacial score (nSPS) is 12.0. The van der Waals surface area contributed by atoms with Crippen LogP contribution in [0.25, 0.3) is 0 Å². The molecule has 3 nitrogen and oxygen atoms in total. The largest absolute Gasteiger partial charge is 0.369 e. The molecule has 0 radical (unpaired) electrons. The van der Waals surface area contributed by atoms with Crippen molar-refractivity contribution >= 4 is 27.5 Å². The smallest absolute Gasteiger partial charge is 0.244 e. The molecule has 0 aliphatic heterocycles. The van der Waals surface area contributed by atoms with Crippen molar-refractivity contribution in [2.24, 2.45) is 5.73 Å². The van der Waals surface area contributed by atoms with Crippen molar-refractivity contribution in [1.82, 2.24) is 0 Å². The van der Waals surface area contributed by atoms with Crippen LogP contribution in [0.5, 0.6) is 0 Å². The van der Waals surface area contributed by atoms with E-state index in [0.29, 0.717) is 22.3 Å². The van der Waals surface area contributed by atoms with Gasteiger partial charge in [-0.05, 0) is 34.1 Å². The Balaban J connectivity index is 2.43. The number of rotatable bonds is 4. The number of amides is 1. The summed E-state index contributed by atoms with van der Waals surface area (Å²) in [6, 6.07) is 6.41. The molecule has 0 bridgehead atoms. The number of hydrogen-bond acceptors (Lipinski definition) is 2. The van der Waals surface area contributed by atoms with Gasteiger partial charge in [0.15, 0.2) is 11.6 Å². The van der Waals surface area contributed by atoms with E-state index in [9.17, 15) is 18.0 Å². The summed E-state index contributed by atoms with van der Waals surface area (Å²) in [5.74, 6) is -4.57. The van der Waals surface area contributed by atoms with E-state index in [1.807, 2.05) is 0 Å². The molecule has 0 heterocycles. The summed E-state index contributed by atoms with van der Waals surface area (Å²) < 4.78 is 40.6. The van der Waals surface area contributed by atoms with Crippen molar-refractivity contribution in [2.45, 2.75) is 6.04 Å². The predicted molar refractivity (Wildman–Crippen MR) is 76.0 cm³/mol. The molecule has 0 aliphatic rings. The molecule has 110 valence electrons. The number of benzene rings is 2. The van der Waals surface area contributed by atoms with Gasteiger partial charge >= 0.3 is 0 Å². The lowest BCUT2D eigenvalue weighted by atomic mass is 10.0. The van der Waals surface area contributed by atoms with Crippen molar-refractivity contribution in [3.05, 3.63) is 63.9 Å². The first-order valence-electron chi connectivity index (χ1n) is 5.85. The molecule has 1 unspecified atom stereocenters. The van der Waals surface area contributed by atoms with Crippen LogP contribution in [0.2, 0.25) is 0 Å². The summed E-state index contributed by atoms with van der Waals surface area (Å²) >= 11 is 3.25. The summed E-state index contributed by atoms with van der Waals surface area (Å²) in [6.07, 6.45) is 0. The average Bonchev–Trinajstić information content (AvgIpc) is 2.42. The number of carbonyl (C=O) groups is 1. The summed E-state index contributed by atoms with van der Waals surface area (Å²) in [6.45, 7) is 0. The number of hydrogen-bond donors (Lipinski definition) is 2. The highest BCUT2D eigenvalue weighted by Gasteiger charge is 2.24. The Kier molecular flexibility index (Phi) is 4.52. The van der Waals surface area contributed by atoms with Gasteiger partial charge in [-0.2, -0.15) is 0 Å². The first-order chi connectivity index (χ1) is 9.90. The second kappa shape index (κ2) is 6.17. The Bertz CT molecular complexity index is 694. The molecule has 0 saturated carbocycles. The van der Waals surface area contributed by atoms with Gasteiger partial charge in [0.25, 0.3) is 0 Å². The predicted octanol–water partition coefficient (Wildman–Crippen LogP) is 3.50. The lowest BCUT2D eigenvalue weighted by Crippen LogP contribution is -2.29. The summed E-state index contributed by atoms with van der Waals surface area (Å²) in [5, 5.41) is 2.70. The van der Waals surface area contributed by atoms with E-state index in [1.165, 1.54) is 0 Å². The highest BCUT2D eigenvalue weighted by molar-refractivity contribution is 9.10. The van der Waals surface area contributed by atoms with Crippen LogP contribution in [0, 0.1) is 17.5 Å². The second-order valence-electron chi connectivity index (χ2n) is 4.25. The van der Waals surface area contributed by atoms with Gasteiger partial charge in [0.1, 0.15) is 11.9 Å². The van der Waals surface area contributed by atoms with E-state index >= 15 is 0 Å². The number of para-hydroxylation sites is 1. The molecule has 0 fully saturated rings. The van der Waals surface area contributed by atoms with Crippen molar-refractivity contribution < 1.29 is 18.0 Å². The van der Waals surface area contributed by atoms with Crippen molar-refractivity contribution in [2.75, 3.05) is 5.32 Å². The van der Waals surface area contributed by atoms with E-state index in [4.69, 9.17) is 5.73 Å². The monoisotopic (exact) mass is 358 g/mol. The van der Waals surface area contributed by atoms with Gasteiger partial charge < -0.3 is 11.1 Å². The number of nitrogens with one attached hydrogen (secondary N) is 1. The molecule has 3 N–H and O–H groups in total. The van der Waals surface area contributed by atoms with E-state index in [1.54, 1.807) is 24.3 Å². The van der Waals surface area contributed by atoms with Crippen molar-refractivity contribution in [3.63, 3.8) is 0 Å². The van der Waals surface area contributed by atoms with Gasteiger partial charge in [-0.25, -0.2) is 13.2 Å². The maximum absolute atomic E-state index is 13.8. The molecule has 2 aromatic carbocycles. The maximum Gasteiger partial charge on any atom is 0.244 e. The van der Waals surface area contributed by atoms with Gasteiger partial charge in [-0.1, -0.05) is 12.1 Å². The van der Waals surface area contributed by atoms with Gasteiger partial charge in [0.2, 0.25) is 5.91 Å². The van der Waals surface area contributed by atoms with Crippen LogP contribution in [-0.2, 0) is 4.79 Å². The number of nitrogens with two attached hydrogens (primary N) is 1. The lowest BCUT2D eigenvalue weighted by Gasteiger charge is -2.19. The average molecular weight is 359 g/mol. The Morgan fingerprint density at radius 3 is 2.33 bits per heavy atom. The highest BCUT2D eigenvalue weighted by Crippen LogP contribution is 2.28. The fraction of sp³-hybridized carbons (Fsp3) is 0.0714. The summed E-state index contributed by atoms with van der Waals surface area (Å²) in [4.78, 5) is 11.5. The molecule has 7 heteroatoms. The molecule has 0 saturated heterocycles. The molecule has 21 heavy (non-hydrogen) atoms. The van der Waals surface area contributed by atoms with Gasteiger partial charge in [-0.15, -0.1) is 0 Å². The van der Waals surface area contributed by atoms with Crippen LogP contribution in [0.3, 0.4) is 0 Å². The Morgan fingerprint density at radius 2 is 1.71 bits per heavy atom. The topological polar surface area (TPSA) is 55.1 Å². The van der Waals surface area contributed by atoms with E-state index in [0.717, 1.165) is 0 Å². The third kappa shape index (κ3) is 3.36. The Hall–Kier alpha value is -2.02. The van der Waals surface area contributed by atoms with E-state index < -0.39 is 29.4 Å². The molecule has 0 aliphatic carbocycles. The fourth-order valence-corrected chi connectivity index (χ4v) is 2.19. The molecule has 2 aromatic rings. The minimum Gasteiger partial charge on any atom is -0.369 e. The second-order valence-corrected chi connectivity index (χ2v) is 5.10. The maximum atomic E-state index is 13.8. The number of carbonyl (C=O) groups excluding carboxylic acids is 1.